The molecule has 0 saturated carbocycles. The number of rotatable bonds is 5. The Hall–Kier alpha value is -2.56. The SMILES string of the molecule is COc1ccc(Nc2ccc(NC(=O)C(C)C)nc2)cc1. The van der Waals surface area contributed by atoms with E-state index >= 15 is 0 Å². The van der Waals surface area contributed by atoms with Gasteiger partial charge in [-0.3, -0.25) is 4.79 Å². The Kier molecular flexibility index (Phi) is 4.77. The van der Waals surface area contributed by atoms with Gasteiger partial charge in [0.15, 0.2) is 0 Å². The number of hydrogen-bond donors (Lipinski definition) is 2. The summed E-state index contributed by atoms with van der Waals surface area (Å²) in [5.41, 5.74) is 1.79. The molecule has 1 aromatic carbocycles. The van der Waals surface area contributed by atoms with Crippen LogP contribution in [0.1, 0.15) is 13.8 Å². The maximum atomic E-state index is 11.6. The molecule has 0 atom stereocenters. The third-order valence-electron chi connectivity index (χ3n) is 2.92. The van der Waals surface area contributed by atoms with Crippen LogP contribution in [0.5, 0.6) is 5.75 Å². The van der Waals surface area contributed by atoms with Crippen molar-refractivity contribution in [2.24, 2.45) is 5.92 Å². The monoisotopic (exact) mass is 285 g/mol. The highest BCUT2D eigenvalue weighted by molar-refractivity contribution is 5.91. The maximum Gasteiger partial charge on any atom is 0.228 e. The van der Waals surface area contributed by atoms with Crippen molar-refractivity contribution in [2.45, 2.75) is 13.8 Å². The molecule has 5 nitrogen and oxygen atoms in total. The zero-order valence-corrected chi connectivity index (χ0v) is 12.4. The Balaban J connectivity index is 2.00. The molecule has 0 aliphatic carbocycles. The van der Waals surface area contributed by atoms with E-state index < -0.39 is 0 Å². The Morgan fingerprint density at radius 3 is 2.29 bits per heavy atom. The molecule has 1 heterocycles. The minimum atomic E-state index is -0.0658. The number of hydrogen-bond acceptors (Lipinski definition) is 4. The first-order valence-corrected chi connectivity index (χ1v) is 6.76. The first kappa shape index (κ1) is 14.8. The van der Waals surface area contributed by atoms with Crippen molar-refractivity contribution in [2.75, 3.05) is 17.7 Å². The molecule has 0 bridgehead atoms. The normalized spacial score (nSPS) is 10.3. The van der Waals surface area contributed by atoms with E-state index in [1.807, 2.05) is 44.2 Å². The molecule has 0 fully saturated rings. The molecule has 0 aliphatic heterocycles. The molecule has 0 saturated heterocycles. The summed E-state index contributed by atoms with van der Waals surface area (Å²) in [6, 6.07) is 11.2. The second-order valence-electron chi connectivity index (χ2n) is 4.93. The number of aromatic nitrogens is 1. The van der Waals surface area contributed by atoms with Crippen LogP contribution in [0.3, 0.4) is 0 Å². The van der Waals surface area contributed by atoms with E-state index in [9.17, 15) is 4.79 Å². The van der Waals surface area contributed by atoms with Crippen LogP contribution in [0.15, 0.2) is 42.6 Å². The Morgan fingerprint density at radius 2 is 1.76 bits per heavy atom. The van der Waals surface area contributed by atoms with Crippen LogP contribution in [0.25, 0.3) is 0 Å². The minimum Gasteiger partial charge on any atom is -0.497 e. The lowest BCUT2D eigenvalue weighted by molar-refractivity contribution is -0.118. The first-order valence-electron chi connectivity index (χ1n) is 6.76. The zero-order chi connectivity index (χ0) is 15.2. The number of ether oxygens (including phenoxy) is 1. The summed E-state index contributed by atoms with van der Waals surface area (Å²) in [7, 11) is 1.64. The van der Waals surface area contributed by atoms with Gasteiger partial charge in [0, 0.05) is 11.6 Å². The Bertz CT molecular complexity index is 592. The first-order chi connectivity index (χ1) is 10.1. The number of nitrogens with one attached hydrogen (secondary N) is 2. The summed E-state index contributed by atoms with van der Waals surface area (Å²) in [6.07, 6.45) is 1.68. The van der Waals surface area contributed by atoms with Gasteiger partial charge in [0.1, 0.15) is 11.6 Å². The van der Waals surface area contributed by atoms with Gasteiger partial charge in [-0.15, -0.1) is 0 Å². The van der Waals surface area contributed by atoms with E-state index in [0.29, 0.717) is 5.82 Å². The molecule has 0 spiro atoms. The predicted molar refractivity (Wildman–Crippen MR) is 84.0 cm³/mol. The number of carbonyl (C=O) groups is 1. The van der Waals surface area contributed by atoms with Crippen molar-refractivity contribution >= 4 is 23.1 Å². The summed E-state index contributed by atoms with van der Waals surface area (Å²) in [4.78, 5) is 15.8. The van der Waals surface area contributed by atoms with Gasteiger partial charge in [0.05, 0.1) is 19.0 Å². The second-order valence-corrected chi connectivity index (χ2v) is 4.93. The van der Waals surface area contributed by atoms with E-state index in [0.717, 1.165) is 17.1 Å². The highest BCUT2D eigenvalue weighted by atomic mass is 16.5. The van der Waals surface area contributed by atoms with E-state index in [4.69, 9.17) is 4.74 Å². The van der Waals surface area contributed by atoms with E-state index in [1.165, 1.54) is 0 Å². The van der Waals surface area contributed by atoms with Crippen LogP contribution >= 0.6 is 0 Å². The molecule has 1 aromatic heterocycles. The lowest BCUT2D eigenvalue weighted by Gasteiger charge is -2.09. The molecule has 0 radical (unpaired) electrons. The predicted octanol–water partition coefficient (Wildman–Crippen LogP) is 3.43. The van der Waals surface area contributed by atoms with E-state index in [-0.39, 0.29) is 11.8 Å². The van der Waals surface area contributed by atoms with Crippen LogP contribution < -0.4 is 15.4 Å². The van der Waals surface area contributed by atoms with Gasteiger partial charge in [-0.25, -0.2) is 4.98 Å². The zero-order valence-electron chi connectivity index (χ0n) is 12.4. The second kappa shape index (κ2) is 6.74. The number of anilines is 3. The van der Waals surface area contributed by atoms with Gasteiger partial charge >= 0.3 is 0 Å². The van der Waals surface area contributed by atoms with Crippen molar-refractivity contribution in [1.29, 1.82) is 0 Å². The fourth-order valence-electron chi connectivity index (χ4n) is 1.65. The summed E-state index contributed by atoms with van der Waals surface area (Å²) in [5, 5.41) is 5.98. The molecule has 2 rings (SSSR count). The maximum absolute atomic E-state index is 11.6. The van der Waals surface area contributed by atoms with Gasteiger partial charge in [-0.05, 0) is 36.4 Å². The van der Waals surface area contributed by atoms with E-state index in [2.05, 4.69) is 15.6 Å². The minimum absolute atomic E-state index is 0.0432. The highest BCUT2D eigenvalue weighted by Crippen LogP contribution is 2.20. The van der Waals surface area contributed by atoms with Gasteiger partial charge in [0.25, 0.3) is 0 Å². The largest absolute Gasteiger partial charge is 0.497 e. The Morgan fingerprint density at radius 1 is 1.10 bits per heavy atom. The fourth-order valence-corrected chi connectivity index (χ4v) is 1.65. The molecule has 5 heteroatoms. The lowest BCUT2D eigenvalue weighted by atomic mass is 10.2. The average molecular weight is 285 g/mol. The van der Waals surface area contributed by atoms with Crippen molar-refractivity contribution in [3.63, 3.8) is 0 Å². The number of methoxy groups -OCH3 is 1. The van der Waals surface area contributed by atoms with Gasteiger partial charge in [0.2, 0.25) is 5.91 Å². The third-order valence-corrected chi connectivity index (χ3v) is 2.92. The van der Waals surface area contributed by atoms with Gasteiger partial charge < -0.3 is 15.4 Å². The topological polar surface area (TPSA) is 63.2 Å². The summed E-state index contributed by atoms with van der Waals surface area (Å²) in [5.74, 6) is 1.25. The molecule has 2 N–H and O–H groups in total. The molecule has 110 valence electrons. The van der Waals surface area contributed by atoms with Crippen LogP contribution in [0.4, 0.5) is 17.2 Å². The molecular formula is C16H19N3O2. The lowest BCUT2D eigenvalue weighted by Crippen LogP contribution is -2.18. The third kappa shape index (κ3) is 4.21. The summed E-state index contributed by atoms with van der Waals surface area (Å²) < 4.78 is 5.11. The molecule has 1 amide bonds. The molecule has 21 heavy (non-hydrogen) atoms. The quantitative estimate of drug-likeness (QED) is 0.883. The van der Waals surface area contributed by atoms with E-state index in [1.54, 1.807) is 19.4 Å². The molecule has 0 unspecified atom stereocenters. The van der Waals surface area contributed by atoms with Crippen LogP contribution in [-0.2, 0) is 4.79 Å². The fraction of sp³-hybridized carbons (Fsp3) is 0.250. The van der Waals surface area contributed by atoms with Crippen LogP contribution in [0, 0.1) is 5.92 Å². The average Bonchev–Trinajstić information content (AvgIpc) is 2.50. The smallest absolute Gasteiger partial charge is 0.228 e. The molecule has 2 aromatic rings. The number of amides is 1. The molecular weight excluding hydrogens is 266 g/mol. The number of nitrogens with zero attached hydrogens (tertiary/aromatic N) is 1. The van der Waals surface area contributed by atoms with Crippen LogP contribution in [-0.4, -0.2) is 18.0 Å². The van der Waals surface area contributed by atoms with Crippen LogP contribution in [0.2, 0.25) is 0 Å². The van der Waals surface area contributed by atoms with Crippen molar-refractivity contribution in [3.8, 4) is 5.75 Å². The highest BCUT2D eigenvalue weighted by Gasteiger charge is 2.07. The van der Waals surface area contributed by atoms with Gasteiger partial charge in [-0.2, -0.15) is 0 Å². The molecule has 0 aliphatic rings. The van der Waals surface area contributed by atoms with Crippen molar-refractivity contribution < 1.29 is 9.53 Å². The number of benzene rings is 1. The Labute approximate surface area is 124 Å². The summed E-state index contributed by atoms with van der Waals surface area (Å²) in [6.45, 7) is 3.68. The summed E-state index contributed by atoms with van der Waals surface area (Å²) >= 11 is 0. The van der Waals surface area contributed by atoms with Crippen molar-refractivity contribution in [3.05, 3.63) is 42.6 Å². The number of carbonyl (C=O) groups excluding carboxylic acids is 1. The van der Waals surface area contributed by atoms with Crippen molar-refractivity contribution in [1.82, 2.24) is 4.98 Å². The van der Waals surface area contributed by atoms with Gasteiger partial charge in [-0.1, -0.05) is 13.8 Å². The number of pyridine rings is 1. The standard InChI is InChI=1S/C16H19N3O2/c1-11(2)16(20)19-15-9-6-13(10-17-15)18-12-4-7-14(21-3)8-5-12/h4-11,18H,1-3H3,(H,17,19,20).